The molecule has 4 nitrogen and oxygen atoms in total. The number of carbonyl (C=O) groups excluding carboxylic acids is 1. The maximum atomic E-state index is 13.8. The largest absolute Gasteiger partial charge is 0.388 e. The fourth-order valence-corrected chi connectivity index (χ4v) is 2.20. The molecule has 1 amide bonds. The first-order chi connectivity index (χ1) is 9.43. The number of aliphatic hydroxyl groups is 1. The summed E-state index contributed by atoms with van der Waals surface area (Å²) >= 11 is 0. The van der Waals surface area contributed by atoms with Crippen molar-refractivity contribution >= 4 is 5.91 Å². The molecule has 1 atom stereocenters. The van der Waals surface area contributed by atoms with Gasteiger partial charge in [0.1, 0.15) is 5.82 Å². The Hall–Kier alpha value is -1.90. The van der Waals surface area contributed by atoms with Gasteiger partial charge in [0, 0.05) is 18.7 Å². The molecule has 1 aromatic rings. The van der Waals surface area contributed by atoms with Crippen LogP contribution in [0.1, 0.15) is 29.3 Å². The molecule has 2 rings (SSSR count). The van der Waals surface area contributed by atoms with Gasteiger partial charge < -0.3 is 15.7 Å². The second kappa shape index (κ2) is 5.61. The summed E-state index contributed by atoms with van der Waals surface area (Å²) in [6.45, 7) is 2.58. The molecule has 0 radical (unpaired) electrons. The lowest BCUT2D eigenvalue weighted by Gasteiger charge is -2.19. The highest BCUT2D eigenvalue weighted by Gasteiger charge is 2.34. The summed E-state index contributed by atoms with van der Waals surface area (Å²) in [4.78, 5) is 13.7. The number of nitrogens with zero attached hydrogens (tertiary/aromatic N) is 1. The van der Waals surface area contributed by atoms with Crippen LogP contribution in [0.15, 0.2) is 18.2 Å². The zero-order chi connectivity index (χ0) is 14.8. The summed E-state index contributed by atoms with van der Waals surface area (Å²) < 4.78 is 13.8. The first kappa shape index (κ1) is 14.5. The summed E-state index contributed by atoms with van der Waals surface area (Å²) in [5, 5.41) is 9.86. The highest BCUT2D eigenvalue weighted by atomic mass is 19.1. The van der Waals surface area contributed by atoms with E-state index in [-0.39, 0.29) is 30.1 Å². The van der Waals surface area contributed by atoms with Crippen LogP contribution in [0, 0.1) is 17.7 Å². The standard InChI is InChI=1S/C15H17FN2O2/c1-15(20)6-8-18(10-15)14(19)12-5-4-11(3-2-7-17)13(16)9-12/h4-5,9,20H,6-8,10,17H2,1H3. The average molecular weight is 276 g/mol. The van der Waals surface area contributed by atoms with Gasteiger partial charge in [0.15, 0.2) is 0 Å². The van der Waals surface area contributed by atoms with Crippen molar-refractivity contribution < 1.29 is 14.3 Å². The first-order valence-corrected chi connectivity index (χ1v) is 6.43. The van der Waals surface area contributed by atoms with Crippen LogP contribution in [0.4, 0.5) is 4.39 Å². The second-order valence-electron chi connectivity index (χ2n) is 5.17. The normalized spacial score (nSPS) is 21.5. The van der Waals surface area contributed by atoms with E-state index in [1.165, 1.54) is 17.0 Å². The van der Waals surface area contributed by atoms with Crippen molar-refractivity contribution in [3.05, 3.63) is 35.1 Å². The fourth-order valence-electron chi connectivity index (χ4n) is 2.20. The average Bonchev–Trinajstić information content (AvgIpc) is 2.77. The van der Waals surface area contributed by atoms with Crippen LogP contribution in [0.2, 0.25) is 0 Å². The van der Waals surface area contributed by atoms with Gasteiger partial charge in [-0.15, -0.1) is 0 Å². The number of benzene rings is 1. The molecule has 0 aromatic heterocycles. The number of rotatable bonds is 1. The van der Waals surface area contributed by atoms with Gasteiger partial charge >= 0.3 is 0 Å². The fraction of sp³-hybridized carbons (Fsp3) is 0.400. The van der Waals surface area contributed by atoms with Gasteiger partial charge in [-0.25, -0.2) is 4.39 Å². The van der Waals surface area contributed by atoms with Crippen LogP contribution >= 0.6 is 0 Å². The molecular weight excluding hydrogens is 259 g/mol. The van der Waals surface area contributed by atoms with Crippen LogP contribution in [-0.2, 0) is 0 Å². The van der Waals surface area contributed by atoms with Gasteiger partial charge in [-0.1, -0.05) is 11.8 Å². The lowest BCUT2D eigenvalue weighted by molar-refractivity contribution is 0.0572. The van der Waals surface area contributed by atoms with Gasteiger partial charge in [0.25, 0.3) is 5.91 Å². The lowest BCUT2D eigenvalue weighted by Crippen LogP contribution is -2.33. The summed E-state index contributed by atoms with van der Waals surface area (Å²) in [6, 6.07) is 4.19. The maximum Gasteiger partial charge on any atom is 0.254 e. The third-order valence-electron chi connectivity index (χ3n) is 3.28. The van der Waals surface area contributed by atoms with E-state index >= 15 is 0 Å². The van der Waals surface area contributed by atoms with Gasteiger partial charge in [0.05, 0.1) is 17.7 Å². The number of hydrogen-bond donors (Lipinski definition) is 2. The van der Waals surface area contributed by atoms with Crippen molar-refractivity contribution in [3.8, 4) is 11.8 Å². The predicted octanol–water partition coefficient (Wildman–Crippen LogP) is 0.733. The summed E-state index contributed by atoms with van der Waals surface area (Å²) in [5.74, 6) is 4.36. The summed E-state index contributed by atoms with van der Waals surface area (Å²) in [7, 11) is 0. The Morgan fingerprint density at radius 2 is 2.35 bits per heavy atom. The lowest BCUT2D eigenvalue weighted by atomic mass is 10.1. The minimum atomic E-state index is -0.860. The summed E-state index contributed by atoms with van der Waals surface area (Å²) in [5.41, 5.74) is 4.86. The van der Waals surface area contributed by atoms with Crippen LogP contribution in [0.3, 0.4) is 0 Å². The van der Waals surface area contributed by atoms with Crippen LogP contribution in [0.25, 0.3) is 0 Å². The molecule has 20 heavy (non-hydrogen) atoms. The Morgan fingerprint density at radius 3 is 2.90 bits per heavy atom. The molecule has 1 aliphatic heterocycles. The molecule has 1 fully saturated rings. The Labute approximate surface area is 117 Å². The molecule has 106 valence electrons. The molecule has 1 aromatic carbocycles. The molecule has 1 unspecified atom stereocenters. The van der Waals surface area contributed by atoms with Crippen LogP contribution in [-0.4, -0.2) is 41.1 Å². The molecule has 1 aliphatic rings. The first-order valence-electron chi connectivity index (χ1n) is 6.43. The Bertz CT molecular complexity index is 587. The SMILES string of the molecule is CC1(O)CCN(C(=O)c2ccc(C#CCN)c(F)c2)C1. The molecule has 1 heterocycles. The molecule has 1 saturated heterocycles. The van der Waals surface area contributed by atoms with Crippen molar-refractivity contribution in [2.45, 2.75) is 18.9 Å². The van der Waals surface area contributed by atoms with E-state index in [1.807, 2.05) is 0 Å². The Morgan fingerprint density at radius 1 is 1.60 bits per heavy atom. The van der Waals surface area contributed by atoms with Crippen LogP contribution in [0.5, 0.6) is 0 Å². The maximum absolute atomic E-state index is 13.8. The molecule has 3 N–H and O–H groups in total. The monoisotopic (exact) mass is 276 g/mol. The van der Waals surface area contributed by atoms with E-state index in [4.69, 9.17) is 5.73 Å². The molecule has 0 spiro atoms. The number of hydrogen-bond acceptors (Lipinski definition) is 3. The second-order valence-corrected chi connectivity index (χ2v) is 5.17. The zero-order valence-corrected chi connectivity index (χ0v) is 11.3. The third kappa shape index (κ3) is 3.16. The van der Waals surface area contributed by atoms with Gasteiger partial charge in [0.2, 0.25) is 0 Å². The van der Waals surface area contributed by atoms with E-state index < -0.39 is 11.4 Å². The van der Waals surface area contributed by atoms with Crippen molar-refractivity contribution in [2.75, 3.05) is 19.6 Å². The number of nitrogens with two attached hydrogens (primary N) is 1. The van der Waals surface area contributed by atoms with E-state index in [9.17, 15) is 14.3 Å². The molecule has 0 bridgehead atoms. The smallest absolute Gasteiger partial charge is 0.254 e. The molecule has 0 aliphatic carbocycles. The zero-order valence-electron chi connectivity index (χ0n) is 11.3. The number of likely N-dealkylation sites (tertiary alicyclic amines) is 1. The minimum absolute atomic E-state index is 0.156. The Kier molecular flexibility index (Phi) is 4.07. The number of amides is 1. The topological polar surface area (TPSA) is 66.6 Å². The minimum Gasteiger partial charge on any atom is -0.388 e. The molecule has 5 heteroatoms. The van der Waals surface area contributed by atoms with Crippen molar-refractivity contribution in [3.63, 3.8) is 0 Å². The van der Waals surface area contributed by atoms with E-state index in [2.05, 4.69) is 11.8 Å². The molecule has 0 saturated carbocycles. The van der Waals surface area contributed by atoms with Crippen LogP contribution < -0.4 is 5.73 Å². The Balaban J connectivity index is 2.18. The van der Waals surface area contributed by atoms with Gasteiger partial charge in [-0.3, -0.25) is 4.79 Å². The quantitative estimate of drug-likeness (QED) is 0.743. The number of carbonyl (C=O) groups is 1. The molecular formula is C15H17FN2O2. The predicted molar refractivity (Wildman–Crippen MR) is 73.5 cm³/mol. The highest BCUT2D eigenvalue weighted by molar-refractivity contribution is 5.94. The summed E-state index contributed by atoms with van der Waals surface area (Å²) in [6.07, 6.45) is 0.529. The van der Waals surface area contributed by atoms with Crippen molar-refractivity contribution in [1.29, 1.82) is 0 Å². The van der Waals surface area contributed by atoms with Crippen molar-refractivity contribution in [1.82, 2.24) is 4.90 Å². The third-order valence-corrected chi connectivity index (χ3v) is 3.28. The highest BCUT2D eigenvalue weighted by Crippen LogP contribution is 2.22. The van der Waals surface area contributed by atoms with Gasteiger partial charge in [-0.05, 0) is 31.5 Å². The van der Waals surface area contributed by atoms with E-state index in [1.54, 1.807) is 13.0 Å². The van der Waals surface area contributed by atoms with Crippen molar-refractivity contribution in [2.24, 2.45) is 5.73 Å². The number of halogens is 1. The van der Waals surface area contributed by atoms with E-state index in [0.29, 0.717) is 13.0 Å². The number of β-amino-alcohol motifs (C(OH)–C–C–N with tert-alkyl or cyclic N) is 1. The van der Waals surface area contributed by atoms with E-state index in [0.717, 1.165) is 0 Å². The van der Waals surface area contributed by atoms with Gasteiger partial charge in [-0.2, -0.15) is 0 Å².